The molecule has 2 aromatic rings. The average Bonchev–Trinajstić information content (AvgIpc) is 2.81. The number of hydrogen-bond donors (Lipinski definition) is 1. The number of nitrogens with one attached hydrogen (secondary N) is 1. The van der Waals surface area contributed by atoms with Crippen LogP contribution in [0.4, 0.5) is 0 Å². The summed E-state index contributed by atoms with van der Waals surface area (Å²) >= 11 is 0. The third kappa shape index (κ3) is 2.13. The summed E-state index contributed by atoms with van der Waals surface area (Å²) in [5, 5.41) is 7.09. The van der Waals surface area contributed by atoms with Gasteiger partial charge in [0, 0.05) is 32.2 Å². The minimum absolute atomic E-state index is 0.110. The first-order valence-electron chi connectivity index (χ1n) is 5.75. The van der Waals surface area contributed by atoms with Crippen molar-refractivity contribution in [2.75, 3.05) is 0 Å². The molecule has 0 aliphatic carbocycles. The van der Waals surface area contributed by atoms with E-state index in [1.807, 2.05) is 38.7 Å². The molecule has 18 heavy (non-hydrogen) atoms. The predicted octanol–water partition coefficient (Wildman–Crippen LogP) is 0.700. The van der Waals surface area contributed by atoms with Crippen LogP contribution in [0.2, 0.25) is 0 Å². The molecular weight excluding hydrogens is 230 g/mol. The Kier molecular flexibility index (Phi) is 3.18. The van der Waals surface area contributed by atoms with E-state index in [-0.39, 0.29) is 5.91 Å². The second-order valence-electron chi connectivity index (χ2n) is 4.31. The highest BCUT2D eigenvalue weighted by Gasteiger charge is 2.17. The SMILES string of the molecule is Cc1nn(C)c(C)c1C(=O)NCc1nccn1C. The van der Waals surface area contributed by atoms with E-state index in [0.29, 0.717) is 12.1 Å². The van der Waals surface area contributed by atoms with E-state index in [9.17, 15) is 4.79 Å². The molecule has 1 amide bonds. The van der Waals surface area contributed by atoms with Crippen molar-refractivity contribution in [1.29, 1.82) is 0 Å². The van der Waals surface area contributed by atoms with E-state index < -0.39 is 0 Å². The number of aryl methyl sites for hydroxylation is 3. The molecule has 0 aliphatic rings. The molecule has 2 heterocycles. The van der Waals surface area contributed by atoms with E-state index in [2.05, 4.69) is 15.4 Å². The highest BCUT2D eigenvalue weighted by Crippen LogP contribution is 2.11. The van der Waals surface area contributed by atoms with Crippen LogP contribution in [0.1, 0.15) is 27.6 Å². The van der Waals surface area contributed by atoms with Gasteiger partial charge in [-0.2, -0.15) is 5.10 Å². The molecule has 0 radical (unpaired) electrons. The van der Waals surface area contributed by atoms with Crippen LogP contribution in [0.25, 0.3) is 0 Å². The Bertz CT molecular complexity index is 581. The van der Waals surface area contributed by atoms with Gasteiger partial charge in [-0.05, 0) is 13.8 Å². The molecule has 0 aromatic carbocycles. The van der Waals surface area contributed by atoms with Gasteiger partial charge in [0.2, 0.25) is 0 Å². The molecule has 0 saturated carbocycles. The first kappa shape index (κ1) is 12.3. The molecule has 0 bridgehead atoms. The number of carbonyl (C=O) groups excluding carboxylic acids is 1. The molecule has 0 saturated heterocycles. The number of aromatic nitrogens is 4. The quantitative estimate of drug-likeness (QED) is 0.868. The highest BCUT2D eigenvalue weighted by molar-refractivity contribution is 5.96. The maximum Gasteiger partial charge on any atom is 0.255 e. The number of hydrogen-bond acceptors (Lipinski definition) is 3. The molecule has 0 atom stereocenters. The van der Waals surface area contributed by atoms with Crippen LogP contribution in [-0.4, -0.2) is 25.2 Å². The van der Waals surface area contributed by atoms with Crippen LogP contribution >= 0.6 is 0 Å². The molecule has 0 aliphatic heterocycles. The van der Waals surface area contributed by atoms with Crippen molar-refractivity contribution in [1.82, 2.24) is 24.6 Å². The lowest BCUT2D eigenvalue weighted by atomic mass is 10.2. The average molecular weight is 247 g/mol. The molecule has 0 fully saturated rings. The molecule has 1 N–H and O–H groups in total. The van der Waals surface area contributed by atoms with E-state index in [4.69, 9.17) is 0 Å². The number of amides is 1. The van der Waals surface area contributed by atoms with Crippen molar-refractivity contribution in [2.24, 2.45) is 14.1 Å². The monoisotopic (exact) mass is 247 g/mol. The van der Waals surface area contributed by atoms with Gasteiger partial charge in [0.15, 0.2) is 0 Å². The summed E-state index contributed by atoms with van der Waals surface area (Å²) in [5.74, 6) is 0.712. The standard InChI is InChI=1S/C12H17N5O/c1-8-11(9(2)17(4)15-8)12(18)14-7-10-13-5-6-16(10)3/h5-6H,7H2,1-4H3,(H,14,18). The van der Waals surface area contributed by atoms with Gasteiger partial charge in [0.1, 0.15) is 5.82 Å². The molecule has 6 heteroatoms. The summed E-state index contributed by atoms with van der Waals surface area (Å²) in [7, 11) is 3.73. The Morgan fingerprint density at radius 2 is 2.11 bits per heavy atom. The Morgan fingerprint density at radius 1 is 1.39 bits per heavy atom. The normalized spacial score (nSPS) is 10.7. The van der Waals surface area contributed by atoms with Gasteiger partial charge in [-0.1, -0.05) is 0 Å². The van der Waals surface area contributed by atoms with Crippen molar-refractivity contribution in [2.45, 2.75) is 20.4 Å². The van der Waals surface area contributed by atoms with Gasteiger partial charge in [-0.3, -0.25) is 9.48 Å². The van der Waals surface area contributed by atoms with Crippen molar-refractivity contribution < 1.29 is 4.79 Å². The first-order chi connectivity index (χ1) is 8.50. The zero-order valence-corrected chi connectivity index (χ0v) is 11.1. The fourth-order valence-corrected chi connectivity index (χ4v) is 1.92. The van der Waals surface area contributed by atoms with Crippen LogP contribution in [0.3, 0.4) is 0 Å². The number of rotatable bonds is 3. The molecule has 0 unspecified atom stereocenters. The molecule has 6 nitrogen and oxygen atoms in total. The van der Waals surface area contributed by atoms with Crippen molar-refractivity contribution in [3.05, 3.63) is 35.2 Å². The van der Waals surface area contributed by atoms with Gasteiger partial charge >= 0.3 is 0 Å². The number of nitrogens with zero attached hydrogens (tertiary/aromatic N) is 4. The van der Waals surface area contributed by atoms with Crippen molar-refractivity contribution in [3.63, 3.8) is 0 Å². The summed E-state index contributed by atoms with van der Waals surface area (Å²) in [6.45, 7) is 4.13. The van der Waals surface area contributed by atoms with Crippen LogP contribution in [0.5, 0.6) is 0 Å². The maximum absolute atomic E-state index is 12.1. The van der Waals surface area contributed by atoms with Crippen LogP contribution in [0.15, 0.2) is 12.4 Å². The van der Waals surface area contributed by atoms with Crippen LogP contribution < -0.4 is 5.32 Å². The summed E-state index contributed by atoms with van der Waals surface area (Å²) in [4.78, 5) is 16.3. The zero-order valence-electron chi connectivity index (χ0n) is 11.1. The second kappa shape index (κ2) is 4.64. The van der Waals surface area contributed by atoms with Gasteiger partial charge in [-0.15, -0.1) is 0 Å². The predicted molar refractivity (Wildman–Crippen MR) is 67.1 cm³/mol. The number of carbonyl (C=O) groups is 1. The second-order valence-corrected chi connectivity index (χ2v) is 4.31. The van der Waals surface area contributed by atoms with Gasteiger partial charge in [-0.25, -0.2) is 4.98 Å². The van der Waals surface area contributed by atoms with Crippen molar-refractivity contribution in [3.8, 4) is 0 Å². The fraction of sp³-hybridized carbons (Fsp3) is 0.417. The van der Waals surface area contributed by atoms with Crippen molar-refractivity contribution >= 4 is 5.91 Å². The molecule has 96 valence electrons. The molecule has 0 spiro atoms. The maximum atomic E-state index is 12.1. The van der Waals surface area contributed by atoms with E-state index >= 15 is 0 Å². The summed E-state index contributed by atoms with van der Waals surface area (Å²) < 4.78 is 3.59. The topological polar surface area (TPSA) is 64.7 Å². The third-order valence-corrected chi connectivity index (χ3v) is 3.06. The minimum atomic E-state index is -0.110. The Morgan fingerprint density at radius 3 is 2.61 bits per heavy atom. The first-order valence-corrected chi connectivity index (χ1v) is 5.75. The van der Waals surface area contributed by atoms with E-state index in [1.165, 1.54) is 0 Å². The van der Waals surface area contributed by atoms with Gasteiger partial charge in [0.05, 0.1) is 17.8 Å². The van der Waals surface area contributed by atoms with Crippen LogP contribution in [0, 0.1) is 13.8 Å². The molecule has 2 aromatic heterocycles. The minimum Gasteiger partial charge on any atom is -0.345 e. The lowest BCUT2D eigenvalue weighted by Gasteiger charge is -2.05. The van der Waals surface area contributed by atoms with Gasteiger partial charge in [0.25, 0.3) is 5.91 Å². The van der Waals surface area contributed by atoms with E-state index in [1.54, 1.807) is 10.9 Å². The number of imidazole rings is 1. The Labute approximate surface area is 106 Å². The lowest BCUT2D eigenvalue weighted by Crippen LogP contribution is -2.25. The summed E-state index contributed by atoms with van der Waals surface area (Å²) in [6, 6.07) is 0. The zero-order chi connectivity index (χ0) is 13.3. The third-order valence-electron chi connectivity index (χ3n) is 3.06. The summed E-state index contributed by atoms with van der Waals surface area (Å²) in [5.41, 5.74) is 2.25. The summed E-state index contributed by atoms with van der Waals surface area (Å²) in [6.07, 6.45) is 3.56. The van der Waals surface area contributed by atoms with E-state index in [0.717, 1.165) is 17.2 Å². The highest BCUT2D eigenvalue weighted by atomic mass is 16.1. The smallest absolute Gasteiger partial charge is 0.255 e. The lowest BCUT2D eigenvalue weighted by molar-refractivity contribution is 0.0948. The fourth-order valence-electron chi connectivity index (χ4n) is 1.92. The Balaban J connectivity index is 2.11. The van der Waals surface area contributed by atoms with Crippen LogP contribution in [-0.2, 0) is 20.6 Å². The van der Waals surface area contributed by atoms with Gasteiger partial charge < -0.3 is 9.88 Å². The Hall–Kier alpha value is -2.11. The molecular formula is C12H17N5O. The molecule has 2 rings (SSSR count). The largest absolute Gasteiger partial charge is 0.345 e.